The number of carbonyl (C=O) groups excluding carboxylic acids is 1. The van der Waals surface area contributed by atoms with Crippen LogP contribution in [0.4, 0.5) is 16.0 Å². The van der Waals surface area contributed by atoms with Gasteiger partial charge in [0.15, 0.2) is 0 Å². The monoisotopic (exact) mass is 296 g/mol. The highest BCUT2D eigenvalue weighted by atomic mass is 35.5. The minimum absolute atomic E-state index is 0.0970. The third-order valence-electron chi connectivity index (χ3n) is 2.26. The van der Waals surface area contributed by atoms with Crippen molar-refractivity contribution in [2.24, 2.45) is 0 Å². The average molecular weight is 297 g/mol. The summed E-state index contributed by atoms with van der Waals surface area (Å²) < 4.78 is 13.6. The highest BCUT2D eigenvalue weighted by Crippen LogP contribution is 2.17. The van der Waals surface area contributed by atoms with E-state index in [1.807, 2.05) is 0 Å². The number of halogens is 2. The number of carbonyl (C=O) groups is 1. The lowest BCUT2D eigenvalue weighted by Gasteiger charge is -2.04. The average Bonchev–Trinajstić information content (AvgIpc) is 2.38. The third kappa shape index (κ3) is 3.04. The van der Waals surface area contributed by atoms with Crippen LogP contribution in [0.15, 0.2) is 30.5 Å². The number of nitro benzene ring substituents is 1. The molecule has 1 aromatic heterocycles. The Morgan fingerprint density at radius 2 is 2.15 bits per heavy atom. The van der Waals surface area contributed by atoms with Crippen molar-refractivity contribution in [1.82, 2.24) is 9.97 Å². The third-order valence-corrected chi connectivity index (χ3v) is 2.47. The van der Waals surface area contributed by atoms with E-state index in [1.165, 1.54) is 12.3 Å². The standard InChI is InChI=1S/C11H6ClFN4O3/c12-9-3-4-14-11(15-9)16-10(18)7-2-1-6(17(19)20)5-8(7)13/h1-5H,(H,14,15,16,18). The van der Waals surface area contributed by atoms with Gasteiger partial charge in [-0.05, 0) is 12.1 Å². The van der Waals surface area contributed by atoms with Crippen LogP contribution in [-0.2, 0) is 0 Å². The first-order valence-electron chi connectivity index (χ1n) is 5.21. The molecular formula is C11H6ClFN4O3. The maximum Gasteiger partial charge on any atom is 0.272 e. The van der Waals surface area contributed by atoms with Gasteiger partial charge in [0, 0.05) is 12.3 Å². The molecule has 7 nitrogen and oxygen atoms in total. The van der Waals surface area contributed by atoms with Gasteiger partial charge in [-0.1, -0.05) is 11.6 Å². The normalized spacial score (nSPS) is 10.1. The highest BCUT2D eigenvalue weighted by Gasteiger charge is 2.17. The molecule has 102 valence electrons. The van der Waals surface area contributed by atoms with Crippen molar-refractivity contribution < 1.29 is 14.1 Å². The Balaban J connectivity index is 2.23. The molecule has 0 bridgehead atoms. The van der Waals surface area contributed by atoms with Gasteiger partial charge in [-0.3, -0.25) is 20.2 Å². The summed E-state index contributed by atoms with van der Waals surface area (Å²) in [5.74, 6) is -1.95. The predicted octanol–water partition coefficient (Wildman–Crippen LogP) is 2.43. The van der Waals surface area contributed by atoms with Gasteiger partial charge in [0.05, 0.1) is 16.6 Å². The fraction of sp³-hybridized carbons (Fsp3) is 0. The molecule has 0 spiro atoms. The SMILES string of the molecule is O=C(Nc1nccc(Cl)n1)c1ccc([N+](=O)[O-])cc1F. The van der Waals surface area contributed by atoms with Crippen LogP contribution < -0.4 is 5.32 Å². The largest absolute Gasteiger partial charge is 0.290 e. The quantitative estimate of drug-likeness (QED) is 0.533. The number of hydrogen-bond donors (Lipinski definition) is 1. The lowest BCUT2D eigenvalue weighted by atomic mass is 10.2. The van der Waals surface area contributed by atoms with Crippen molar-refractivity contribution in [3.63, 3.8) is 0 Å². The lowest BCUT2D eigenvalue weighted by Crippen LogP contribution is -2.15. The summed E-state index contributed by atoms with van der Waals surface area (Å²) in [4.78, 5) is 28.9. The van der Waals surface area contributed by atoms with E-state index in [9.17, 15) is 19.3 Å². The molecule has 1 N–H and O–H groups in total. The van der Waals surface area contributed by atoms with Crippen LogP contribution >= 0.6 is 11.6 Å². The van der Waals surface area contributed by atoms with Gasteiger partial charge in [0.1, 0.15) is 11.0 Å². The smallest absolute Gasteiger partial charge is 0.272 e. The second kappa shape index (κ2) is 5.57. The number of nitrogens with one attached hydrogen (secondary N) is 1. The van der Waals surface area contributed by atoms with Gasteiger partial charge in [0.2, 0.25) is 5.95 Å². The Morgan fingerprint density at radius 1 is 1.40 bits per heavy atom. The molecule has 0 saturated carbocycles. The van der Waals surface area contributed by atoms with Gasteiger partial charge < -0.3 is 0 Å². The molecule has 2 aromatic rings. The number of nitro groups is 1. The van der Waals surface area contributed by atoms with Gasteiger partial charge in [0.25, 0.3) is 11.6 Å². The summed E-state index contributed by atoms with van der Waals surface area (Å²) in [5, 5.41) is 12.8. The topological polar surface area (TPSA) is 98.0 Å². The van der Waals surface area contributed by atoms with Crippen molar-refractivity contribution in [1.29, 1.82) is 0 Å². The van der Waals surface area contributed by atoms with E-state index in [0.29, 0.717) is 6.07 Å². The zero-order valence-corrected chi connectivity index (χ0v) is 10.5. The maximum absolute atomic E-state index is 13.6. The molecule has 0 atom stereocenters. The van der Waals surface area contributed by atoms with E-state index in [2.05, 4.69) is 15.3 Å². The Morgan fingerprint density at radius 3 is 2.75 bits per heavy atom. The van der Waals surface area contributed by atoms with Crippen molar-refractivity contribution in [2.75, 3.05) is 5.32 Å². The van der Waals surface area contributed by atoms with Crippen molar-refractivity contribution >= 4 is 29.1 Å². The maximum atomic E-state index is 13.6. The Bertz CT molecular complexity index is 695. The first-order chi connectivity index (χ1) is 9.47. The summed E-state index contributed by atoms with van der Waals surface area (Å²) in [6, 6.07) is 4.10. The van der Waals surface area contributed by atoms with Gasteiger partial charge in [-0.15, -0.1) is 0 Å². The molecule has 20 heavy (non-hydrogen) atoms. The molecule has 0 fully saturated rings. The summed E-state index contributed by atoms with van der Waals surface area (Å²) >= 11 is 5.61. The van der Waals surface area contributed by atoms with Crippen LogP contribution in [0.3, 0.4) is 0 Å². The van der Waals surface area contributed by atoms with Crippen molar-refractivity contribution in [3.05, 3.63) is 57.1 Å². The summed E-state index contributed by atoms with van der Waals surface area (Å²) in [5.41, 5.74) is -0.808. The second-order valence-electron chi connectivity index (χ2n) is 3.58. The summed E-state index contributed by atoms with van der Waals surface area (Å²) in [7, 11) is 0. The molecule has 0 aliphatic rings. The predicted molar refractivity (Wildman–Crippen MR) is 68.0 cm³/mol. The van der Waals surface area contributed by atoms with Crippen LogP contribution in [-0.4, -0.2) is 20.8 Å². The van der Waals surface area contributed by atoms with Gasteiger partial charge in [-0.25, -0.2) is 14.4 Å². The fourth-order valence-corrected chi connectivity index (χ4v) is 1.50. The molecule has 0 aliphatic heterocycles. The number of benzene rings is 1. The number of non-ortho nitro benzene ring substituents is 1. The molecule has 0 aliphatic carbocycles. The highest BCUT2D eigenvalue weighted by molar-refractivity contribution is 6.29. The first-order valence-corrected chi connectivity index (χ1v) is 5.59. The molecule has 9 heteroatoms. The molecule has 0 unspecified atom stereocenters. The number of amides is 1. The Kier molecular flexibility index (Phi) is 3.85. The first kappa shape index (κ1) is 13.8. The second-order valence-corrected chi connectivity index (χ2v) is 3.97. The molecule has 2 rings (SSSR count). The van der Waals surface area contributed by atoms with E-state index < -0.39 is 22.3 Å². The van der Waals surface area contributed by atoms with Gasteiger partial charge >= 0.3 is 0 Å². The van der Waals surface area contributed by atoms with Crippen LogP contribution in [0.25, 0.3) is 0 Å². The molecule has 1 aromatic carbocycles. The number of aromatic nitrogens is 2. The van der Waals surface area contributed by atoms with E-state index in [-0.39, 0.29) is 16.7 Å². The minimum Gasteiger partial charge on any atom is -0.290 e. The zero-order valence-electron chi connectivity index (χ0n) is 9.71. The fourth-order valence-electron chi connectivity index (χ4n) is 1.37. The van der Waals surface area contributed by atoms with Crippen LogP contribution in [0, 0.1) is 15.9 Å². The summed E-state index contributed by atoms with van der Waals surface area (Å²) in [6.45, 7) is 0. The van der Waals surface area contributed by atoms with Crippen LogP contribution in [0.1, 0.15) is 10.4 Å². The van der Waals surface area contributed by atoms with Crippen LogP contribution in [0.2, 0.25) is 5.15 Å². The van der Waals surface area contributed by atoms with E-state index in [0.717, 1.165) is 12.1 Å². The van der Waals surface area contributed by atoms with Crippen molar-refractivity contribution in [3.8, 4) is 0 Å². The van der Waals surface area contributed by atoms with E-state index >= 15 is 0 Å². The van der Waals surface area contributed by atoms with Gasteiger partial charge in [-0.2, -0.15) is 0 Å². The Labute approximate surface area is 116 Å². The summed E-state index contributed by atoms with van der Waals surface area (Å²) in [6.07, 6.45) is 1.32. The molecule has 1 heterocycles. The lowest BCUT2D eigenvalue weighted by molar-refractivity contribution is -0.385. The Hall–Kier alpha value is -2.61. The number of hydrogen-bond acceptors (Lipinski definition) is 5. The minimum atomic E-state index is -1.02. The zero-order chi connectivity index (χ0) is 14.7. The van der Waals surface area contributed by atoms with Crippen molar-refractivity contribution in [2.45, 2.75) is 0 Å². The van der Waals surface area contributed by atoms with Crippen LogP contribution in [0.5, 0.6) is 0 Å². The van der Waals surface area contributed by atoms with E-state index in [1.54, 1.807) is 0 Å². The molecule has 0 saturated heterocycles. The number of anilines is 1. The number of rotatable bonds is 3. The molecular weight excluding hydrogens is 291 g/mol. The number of nitrogens with zero attached hydrogens (tertiary/aromatic N) is 3. The molecule has 1 amide bonds. The van der Waals surface area contributed by atoms with E-state index in [4.69, 9.17) is 11.6 Å². The molecule has 0 radical (unpaired) electrons.